The Hall–Kier alpha value is -0.370. The lowest BCUT2D eigenvalue weighted by Crippen LogP contribution is -2.43. The summed E-state index contributed by atoms with van der Waals surface area (Å²) in [5.41, 5.74) is -1.02. The lowest BCUT2D eigenvalue weighted by molar-refractivity contribution is -0.139. The van der Waals surface area contributed by atoms with Crippen LogP contribution in [0.25, 0.3) is 0 Å². The normalized spacial score (nSPS) is 39.7. The molecule has 1 N–H and O–H groups in total. The van der Waals surface area contributed by atoms with E-state index < -0.39 is 11.0 Å². The topological polar surface area (TPSA) is 37.3 Å². The molecule has 68 valence electrons. The fraction of sp³-hybridized carbons (Fsp3) is 0.900. The molecule has 2 saturated carbocycles. The van der Waals surface area contributed by atoms with Crippen LogP contribution >= 0.6 is 0 Å². The van der Waals surface area contributed by atoms with Crippen molar-refractivity contribution in [3.8, 4) is 0 Å². The number of ketones is 1. The van der Waals surface area contributed by atoms with Gasteiger partial charge in [-0.3, -0.25) is 4.79 Å². The van der Waals surface area contributed by atoms with Crippen molar-refractivity contribution >= 4 is 5.78 Å². The monoisotopic (exact) mass is 168 g/mol. The molecule has 0 unspecified atom stereocenters. The van der Waals surface area contributed by atoms with E-state index in [1.807, 2.05) is 6.92 Å². The molecule has 2 aliphatic carbocycles. The van der Waals surface area contributed by atoms with Gasteiger partial charge in [-0.05, 0) is 32.6 Å². The fourth-order valence-electron chi connectivity index (χ4n) is 2.34. The van der Waals surface area contributed by atoms with Gasteiger partial charge in [0.05, 0.1) is 11.0 Å². The van der Waals surface area contributed by atoms with E-state index >= 15 is 0 Å². The smallest absolute Gasteiger partial charge is 0.141 e. The number of rotatable bonds is 1. The third-order valence-corrected chi connectivity index (χ3v) is 3.70. The molecular formula is C10H16O2. The molecule has 0 heterocycles. The van der Waals surface area contributed by atoms with E-state index in [0.29, 0.717) is 6.42 Å². The Morgan fingerprint density at radius 3 is 2.42 bits per heavy atom. The van der Waals surface area contributed by atoms with Crippen molar-refractivity contribution in [2.24, 2.45) is 5.41 Å². The Balaban J connectivity index is 2.22. The molecule has 0 aromatic rings. The van der Waals surface area contributed by atoms with Crippen LogP contribution in [-0.2, 0) is 4.79 Å². The molecule has 0 saturated heterocycles. The quantitative estimate of drug-likeness (QED) is 0.646. The van der Waals surface area contributed by atoms with Crippen molar-refractivity contribution in [3.05, 3.63) is 0 Å². The van der Waals surface area contributed by atoms with Crippen LogP contribution in [0.15, 0.2) is 0 Å². The van der Waals surface area contributed by atoms with Gasteiger partial charge in [0.1, 0.15) is 5.78 Å². The van der Waals surface area contributed by atoms with Crippen LogP contribution in [0.1, 0.15) is 45.4 Å². The minimum absolute atomic E-state index is 0.286. The summed E-state index contributed by atoms with van der Waals surface area (Å²) in [5, 5.41) is 9.96. The predicted molar refractivity (Wildman–Crippen MR) is 45.8 cm³/mol. The van der Waals surface area contributed by atoms with Crippen molar-refractivity contribution in [2.75, 3.05) is 0 Å². The summed E-state index contributed by atoms with van der Waals surface area (Å²) in [6, 6.07) is 0. The molecule has 0 spiro atoms. The van der Waals surface area contributed by atoms with E-state index in [9.17, 15) is 9.90 Å². The third kappa shape index (κ3) is 0.939. The minimum atomic E-state index is -0.621. The highest BCUT2D eigenvalue weighted by molar-refractivity contribution is 5.87. The first-order valence-electron chi connectivity index (χ1n) is 4.84. The van der Waals surface area contributed by atoms with E-state index in [1.165, 1.54) is 0 Å². The van der Waals surface area contributed by atoms with Crippen LogP contribution in [0.5, 0.6) is 0 Å². The molecule has 0 radical (unpaired) electrons. The van der Waals surface area contributed by atoms with Crippen LogP contribution in [0.4, 0.5) is 0 Å². The molecule has 0 bridgehead atoms. The molecule has 1 atom stereocenters. The molecule has 0 aliphatic heterocycles. The molecule has 2 rings (SSSR count). The molecule has 2 nitrogen and oxygen atoms in total. The molecule has 2 heteroatoms. The summed E-state index contributed by atoms with van der Waals surface area (Å²) in [5.74, 6) is 0.286. The first-order chi connectivity index (χ1) is 5.58. The summed E-state index contributed by atoms with van der Waals surface area (Å²) in [7, 11) is 0. The summed E-state index contributed by atoms with van der Waals surface area (Å²) >= 11 is 0. The molecule has 0 amide bonds. The second kappa shape index (κ2) is 2.32. The van der Waals surface area contributed by atoms with Crippen LogP contribution in [0, 0.1) is 5.41 Å². The van der Waals surface area contributed by atoms with E-state index in [2.05, 4.69) is 0 Å². The molecule has 0 aromatic carbocycles. The zero-order valence-corrected chi connectivity index (χ0v) is 7.60. The number of Topliss-reactive ketones (excluding diaryl/α,β-unsaturated/α-hetero) is 1. The van der Waals surface area contributed by atoms with Crippen molar-refractivity contribution in [3.63, 3.8) is 0 Å². The lowest BCUT2D eigenvalue weighted by atomic mass is 9.69. The number of aliphatic hydroxyl groups is 1. The van der Waals surface area contributed by atoms with Gasteiger partial charge in [-0.25, -0.2) is 0 Å². The Kier molecular flexibility index (Phi) is 1.59. The van der Waals surface area contributed by atoms with E-state index in [1.54, 1.807) is 0 Å². The molecule has 2 aliphatic rings. The van der Waals surface area contributed by atoms with Gasteiger partial charge in [0.25, 0.3) is 0 Å². The van der Waals surface area contributed by atoms with Crippen LogP contribution in [0.2, 0.25) is 0 Å². The zero-order chi connectivity index (χ0) is 8.82. The van der Waals surface area contributed by atoms with E-state index in [4.69, 9.17) is 0 Å². The SMILES string of the molecule is C[C@@]1(C2(O)CC2)CCCCC1=O. The highest BCUT2D eigenvalue weighted by Gasteiger charge is 2.59. The van der Waals surface area contributed by atoms with Crippen molar-refractivity contribution in [1.82, 2.24) is 0 Å². The number of hydrogen-bond acceptors (Lipinski definition) is 2. The predicted octanol–water partition coefficient (Wildman–Crippen LogP) is 1.66. The summed E-state index contributed by atoms with van der Waals surface area (Å²) < 4.78 is 0. The molecular weight excluding hydrogens is 152 g/mol. The van der Waals surface area contributed by atoms with Gasteiger partial charge in [-0.15, -0.1) is 0 Å². The first-order valence-corrected chi connectivity index (χ1v) is 4.84. The zero-order valence-electron chi connectivity index (χ0n) is 7.60. The van der Waals surface area contributed by atoms with Gasteiger partial charge in [-0.1, -0.05) is 6.42 Å². The maximum atomic E-state index is 11.6. The molecule has 2 fully saturated rings. The van der Waals surface area contributed by atoms with E-state index in [0.717, 1.165) is 32.1 Å². The van der Waals surface area contributed by atoms with Gasteiger partial charge in [0, 0.05) is 6.42 Å². The largest absolute Gasteiger partial charge is 0.389 e. The lowest BCUT2D eigenvalue weighted by Gasteiger charge is -2.36. The summed E-state index contributed by atoms with van der Waals surface area (Å²) in [6.45, 7) is 1.95. The van der Waals surface area contributed by atoms with Crippen molar-refractivity contribution in [1.29, 1.82) is 0 Å². The number of carbonyl (C=O) groups excluding carboxylic acids is 1. The van der Waals surface area contributed by atoms with Crippen molar-refractivity contribution < 1.29 is 9.90 Å². The number of hydrogen-bond donors (Lipinski definition) is 1. The highest BCUT2D eigenvalue weighted by atomic mass is 16.3. The van der Waals surface area contributed by atoms with Gasteiger partial charge in [-0.2, -0.15) is 0 Å². The van der Waals surface area contributed by atoms with Gasteiger partial charge < -0.3 is 5.11 Å². The third-order valence-electron chi connectivity index (χ3n) is 3.70. The Bertz CT molecular complexity index is 218. The van der Waals surface area contributed by atoms with Gasteiger partial charge in [0.15, 0.2) is 0 Å². The number of carbonyl (C=O) groups is 1. The van der Waals surface area contributed by atoms with E-state index in [-0.39, 0.29) is 5.78 Å². The summed E-state index contributed by atoms with van der Waals surface area (Å²) in [4.78, 5) is 11.6. The highest BCUT2D eigenvalue weighted by Crippen LogP contribution is 2.54. The van der Waals surface area contributed by atoms with Crippen LogP contribution in [0.3, 0.4) is 0 Å². The Labute approximate surface area is 73.0 Å². The van der Waals surface area contributed by atoms with Gasteiger partial charge >= 0.3 is 0 Å². The Morgan fingerprint density at radius 2 is 1.92 bits per heavy atom. The maximum Gasteiger partial charge on any atom is 0.141 e. The average Bonchev–Trinajstić information content (AvgIpc) is 2.76. The average molecular weight is 168 g/mol. The van der Waals surface area contributed by atoms with Crippen LogP contribution in [-0.4, -0.2) is 16.5 Å². The molecule has 0 aromatic heterocycles. The summed E-state index contributed by atoms with van der Waals surface area (Å²) in [6.07, 6.45) is 5.35. The van der Waals surface area contributed by atoms with Crippen molar-refractivity contribution in [2.45, 2.75) is 51.0 Å². The second-order valence-corrected chi connectivity index (χ2v) is 4.49. The standard InChI is InChI=1S/C10H16O2/c1-9(10(12)6-7-10)5-3-2-4-8(9)11/h12H,2-7H2,1H3/t9-/m1/s1. The second-order valence-electron chi connectivity index (χ2n) is 4.49. The van der Waals surface area contributed by atoms with Crippen LogP contribution < -0.4 is 0 Å². The minimum Gasteiger partial charge on any atom is -0.389 e. The Morgan fingerprint density at radius 1 is 1.25 bits per heavy atom. The molecule has 12 heavy (non-hydrogen) atoms. The first kappa shape index (κ1) is 8.24. The van der Waals surface area contributed by atoms with Gasteiger partial charge in [0.2, 0.25) is 0 Å². The maximum absolute atomic E-state index is 11.6. The fourth-order valence-corrected chi connectivity index (χ4v) is 2.34.